The van der Waals surface area contributed by atoms with Crippen molar-refractivity contribution >= 4 is 17.3 Å². The smallest absolute Gasteiger partial charge is 0.115 e. The van der Waals surface area contributed by atoms with Crippen molar-refractivity contribution in [2.75, 3.05) is 5.32 Å². The molecule has 2 N–H and O–H groups in total. The van der Waals surface area contributed by atoms with E-state index in [0.29, 0.717) is 5.02 Å². The summed E-state index contributed by atoms with van der Waals surface area (Å²) in [5, 5.41) is 13.4. The van der Waals surface area contributed by atoms with Crippen LogP contribution < -0.4 is 5.32 Å². The number of hydrogen-bond donors (Lipinski definition) is 2. The summed E-state index contributed by atoms with van der Waals surface area (Å²) in [5.74, 6) is 0.277. The number of benzene rings is 2. The van der Waals surface area contributed by atoms with Crippen molar-refractivity contribution in [2.45, 2.75) is 19.9 Å². The summed E-state index contributed by atoms with van der Waals surface area (Å²) in [6, 6.07) is 13.2. The Balaban J connectivity index is 2.18. The molecule has 94 valence electrons. The van der Waals surface area contributed by atoms with Gasteiger partial charge in [0.25, 0.3) is 0 Å². The molecule has 3 heteroatoms. The number of anilines is 1. The standard InChI is InChI=1S/C15H16ClNO/c1-10-3-8-14(16)15(9-10)17-11(2)12-4-6-13(18)7-5-12/h3-9,11,17-18H,1-2H3. The molecule has 18 heavy (non-hydrogen) atoms. The van der Waals surface area contributed by atoms with Crippen LogP contribution in [0.1, 0.15) is 24.1 Å². The molecule has 2 nitrogen and oxygen atoms in total. The fourth-order valence-corrected chi connectivity index (χ4v) is 2.00. The van der Waals surface area contributed by atoms with Crippen molar-refractivity contribution in [2.24, 2.45) is 0 Å². The Kier molecular flexibility index (Phi) is 3.78. The van der Waals surface area contributed by atoms with Gasteiger partial charge in [0.15, 0.2) is 0 Å². The van der Waals surface area contributed by atoms with Crippen LogP contribution in [-0.2, 0) is 0 Å². The number of rotatable bonds is 3. The van der Waals surface area contributed by atoms with Gasteiger partial charge in [0, 0.05) is 6.04 Å². The summed E-state index contributed by atoms with van der Waals surface area (Å²) < 4.78 is 0. The Bertz CT molecular complexity index is 537. The van der Waals surface area contributed by atoms with E-state index in [4.69, 9.17) is 11.6 Å². The minimum atomic E-state index is 0.130. The zero-order chi connectivity index (χ0) is 13.1. The Morgan fingerprint density at radius 1 is 1.11 bits per heavy atom. The number of nitrogens with one attached hydrogen (secondary N) is 1. The van der Waals surface area contributed by atoms with Crippen molar-refractivity contribution in [1.29, 1.82) is 0 Å². The highest BCUT2D eigenvalue weighted by Gasteiger charge is 2.07. The summed E-state index contributed by atoms with van der Waals surface area (Å²) >= 11 is 6.15. The van der Waals surface area contributed by atoms with E-state index in [1.807, 2.05) is 37.3 Å². The van der Waals surface area contributed by atoms with Crippen LogP contribution in [0, 0.1) is 6.92 Å². The fraction of sp³-hybridized carbons (Fsp3) is 0.200. The fourth-order valence-electron chi connectivity index (χ4n) is 1.83. The summed E-state index contributed by atoms with van der Waals surface area (Å²) in [6.45, 7) is 4.10. The molecule has 0 aliphatic carbocycles. The van der Waals surface area contributed by atoms with Crippen molar-refractivity contribution in [3.05, 3.63) is 58.6 Å². The summed E-state index contributed by atoms with van der Waals surface area (Å²) in [5.41, 5.74) is 3.20. The number of hydrogen-bond acceptors (Lipinski definition) is 2. The molecule has 0 saturated heterocycles. The second kappa shape index (κ2) is 5.32. The zero-order valence-corrected chi connectivity index (χ0v) is 11.2. The van der Waals surface area contributed by atoms with Crippen molar-refractivity contribution < 1.29 is 5.11 Å². The average molecular weight is 262 g/mol. The maximum Gasteiger partial charge on any atom is 0.115 e. The lowest BCUT2D eigenvalue weighted by atomic mass is 10.1. The van der Waals surface area contributed by atoms with E-state index >= 15 is 0 Å². The van der Waals surface area contributed by atoms with Gasteiger partial charge in [0.05, 0.1) is 10.7 Å². The summed E-state index contributed by atoms with van der Waals surface area (Å²) in [7, 11) is 0. The number of aryl methyl sites for hydroxylation is 1. The first-order valence-corrected chi connectivity index (χ1v) is 6.25. The molecule has 0 aliphatic rings. The van der Waals surface area contributed by atoms with E-state index < -0.39 is 0 Å². The number of aromatic hydroxyl groups is 1. The van der Waals surface area contributed by atoms with Gasteiger partial charge in [-0.1, -0.05) is 29.8 Å². The van der Waals surface area contributed by atoms with E-state index in [1.54, 1.807) is 12.1 Å². The molecule has 2 rings (SSSR count). The summed E-state index contributed by atoms with van der Waals surface area (Å²) in [6.07, 6.45) is 0. The van der Waals surface area contributed by atoms with Crippen LogP contribution in [0.4, 0.5) is 5.69 Å². The van der Waals surface area contributed by atoms with Crippen LogP contribution in [0.25, 0.3) is 0 Å². The van der Waals surface area contributed by atoms with Crippen LogP contribution in [0.3, 0.4) is 0 Å². The monoisotopic (exact) mass is 261 g/mol. The Labute approximate surface area is 112 Å². The summed E-state index contributed by atoms with van der Waals surface area (Å²) in [4.78, 5) is 0. The van der Waals surface area contributed by atoms with Gasteiger partial charge in [0.2, 0.25) is 0 Å². The van der Waals surface area contributed by atoms with Gasteiger partial charge in [-0.25, -0.2) is 0 Å². The molecule has 0 radical (unpaired) electrons. The van der Waals surface area contributed by atoms with Crippen LogP contribution in [0.2, 0.25) is 5.02 Å². The molecule has 2 aromatic rings. The van der Waals surface area contributed by atoms with Crippen LogP contribution in [-0.4, -0.2) is 5.11 Å². The van der Waals surface area contributed by atoms with Gasteiger partial charge < -0.3 is 10.4 Å². The number of phenols is 1. The molecule has 2 aromatic carbocycles. The molecule has 0 aliphatic heterocycles. The maximum atomic E-state index is 9.27. The second-order valence-corrected chi connectivity index (χ2v) is 4.85. The van der Waals surface area contributed by atoms with Crippen molar-refractivity contribution in [3.63, 3.8) is 0 Å². The normalized spacial score (nSPS) is 12.2. The molecule has 0 saturated carbocycles. The van der Waals surface area contributed by atoms with E-state index in [0.717, 1.165) is 11.3 Å². The average Bonchev–Trinajstić information content (AvgIpc) is 2.34. The predicted octanol–water partition coefficient (Wildman–Crippen LogP) is 4.53. The lowest BCUT2D eigenvalue weighted by Gasteiger charge is -2.17. The van der Waals surface area contributed by atoms with Gasteiger partial charge in [-0.15, -0.1) is 0 Å². The van der Waals surface area contributed by atoms with E-state index in [-0.39, 0.29) is 11.8 Å². The van der Waals surface area contributed by atoms with Gasteiger partial charge >= 0.3 is 0 Å². The second-order valence-electron chi connectivity index (χ2n) is 4.44. The van der Waals surface area contributed by atoms with E-state index in [2.05, 4.69) is 12.2 Å². The highest BCUT2D eigenvalue weighted by Crippen LogP contribution is 2.27. The van der Waals surface area contributed by atoms with E-state index in [9.17, 15) is 5.11 Å². The molecule has 0 heterocycles. The largest absolute Gasteiger partial charge is 0.508 e. The minimum absolute atomic E-state index is 0.130. The first-order chi connectivity index (χ1) is 8.56. The first-order valence-electron chi connectivity index (χ1n) is 5.88. The minimum Gasteiger partial charge on any atom is -0.508 e. The van der Waals surface area contributed by atoms with Gasteiger partial charge in [-0.3, -0.25) is 0 Å². The predicted molar refractivity (Wildman–Crippen MR) is 76.3 cm³/mol. The molecular weight excluding hydrogens is 246 g/mol. The van der Waals surface area contributed by atoms with Crippen LogP contribution in [0.15, 0.2) is 42.5 Å². The quantitative estimate of drug-likeness (QED) is 0.851. The third-order valence-corrected chi connectivity index (χ3v) is 3.22. The van der Waals surface area contributed by atoms with Crippen molar-refractivity contribution in [3.8, 4) is 5.75 Å². The van der Waals surface area contributed by atoms with Crippen LogP contribution in [0.5, 0.6) is 5.75 Å². The molecule has 0 fully saturated rings. The number of phenolic OH excluding ortho intramolecular Hbond substituents is 1. The van der Waals surface area contributed by atoms with Crippen LogP contribution >= 0.6 is 11.6 Å². The highest BCUT2D eigenvalue weighted by molar-refractivity contribution is 6.33. The molecule has 0 amide bonds. The number of halogens is 1. The molecule has 0 aromatic heterocycles. The zero-order valence-electron chi connectivity index (χ0n) is 10.4. The lowest BCUT2D eigenvalue weighted by Crippen LogP contribution is -2.06. The Morgan fingerprint density at radius 3 is 2.44 bits per heavy atom. The lowest BCUT2D eigenvalue weighted by molar-refractivity contribution is 0.475. The highest BCUT2D eigenvalue weighted by atomic mass is 35.5. The Morgan fingerprint density at radius 2 is 1.78 bits per heavy atom. The molecular formula is C15H16ClNO. The van der Waals surface area contributed by atoms with Crippen molar-refractivity contribution in [1.82, 2.24) is 0 Å². The molecule has 0 bridgehead atoms. The van der Waals surface area contributed by atoms with E-state index in [1.165, 1.54) is 5.56 Å². The Hall–Kier alpha value is -1.67. The third kappa shape index (κ3) is 2.96. The molecule has 0 spiro atoms. The maximum absolute atomic E-state index is 9.27. The third-order valence-electron chi connectivity index (χ3n) is 2.89. The van der Waals surface area contributed by atoms with Gasteiger partial charge in [-0.05, 0) is 49.2 Å². The SMILES string of the molecule is Cc1ccc(Cl)c(NC(C)c2ccc(O)cc2)c1. The molecule has 1 atom stereocenters. The van der Waals surface area contributed by atoms with Gasteiger partial charge in [0.1, 0.15) is 5.75 Å². The van der Waals surface area contributed by atoms with Gasteiger partial charge in [-0.2, -0.15) is 0 Å². The molecule has 1 unspecified atom stereocenters. The topological polar surface area (TPSA) is 32.3 Å². The first kappa shape index (κ1) is 12.8.